The Hall–Kier alpha value is -1.49. The second kappa shape index (κ2) is 5.65. The molecule has 0 unspecified atom stereocenters. The fourth-order valence-electron chi connectivity index (χ4n) is 1.31. The van der Waals surface area contributed by atoms with E-state index in [2.05, 4.69) is 4.98 Å². The highest BCUT2D eigenvalue weighted by atomic mass is 35.5. The Morgan fingerprint density at radius 1 is 1.11 bits per heavy atom. The molecule has 0 radical (unpaired) electrons. The number of benzene rings is 1. The van der Waals surface area contributed by atoms with Crippen LogP contribution < -0.4 is 10.5 Å². The lowest BCUT2D eigenvalue weighted by Crippen LogP contribution is -2.12. The summed E-state index contributed by atoms with van der Waals surface area (Å²) in [6, 6.07) is 6.22. The summed E-state index contributed by atoms with van der Waals surface area (Å²) in [5.74, 6) is 0.706. The lowest BCUT2D eigenvalue weighted by Gasteiger charge is -2.09. The molecule has 4 nitrogen and oxygen atoms in total. The van der Waals surface area contributed by atoms with Crippen LogP contribution in [0.5, 0.6) is 11.5 Å². The molecule has 0 saturated carbocycles. The van der Waals surface area contributed by atoms with E-state index in [9.17, 15) is 0 Å². The smallest absolute Gasteiger partial charge is 0.147 e. The fourth-order valence-corrected chi connectivity index (χ4v) is 1.88. The van der Waals surface area contributed by atoms with Crippen molar-refractivity contribution in [1.29, 1.82) is 5.41 Å². The van der Waals surface area contributed by atoms with Gasteiger partial charge in [-0.3, -0.25) is 5.41 Å². The van der Waals surface area contributed by atoms with E-state index in [1.54, 1.807) is 12.1 Å². The Labute approximate surface area is 124 Å². The van der Waals surface area contributed by atoms with E-state index < -0.39 is 0 Å². The van der Waals surface area contributed by atoms with E-state index in [0.717, 1.165) is 0 Å². The van der Waals surface area contributed by atoms with Gasteiger partial charge in [-0.05, 0) is 18.2 Å². The number of ether oxygens (including phenoxy) is 1. The summed E-state index contributed by atoms with van der Waals surface area (Å²) in [6.07, 6.45) is 1.44. The van der Waals surface area contributed by atoms with Crippen molar-refractivity contribution < 1.29 is 4.74 Å². The van der Waals surface area contributed by atoms with E-state index in [1.807, 2.05) is 0 Å². The molecule has 2 aromatic rings. The maximum absolute atomic E-state index is 7.23. The highest BCUT2D eigenvalue weighted by Crippen LogP contribution is 2.36. The topological polar surface area (TPSA) is 72.0 Å². The van der Waals surface area contributed by atoms with E-state index in [1.165, 1.54) is 18.3 Å². The first-order valence-electron chi connectivity index (χ1n) is 5.10. The zero-order chi connectivity index (χ0) is 14.0. The minimum atomic E-state index is -0.112. The number of aromatic nitrogens is 1. The Bertz CT molecular complexity index is 629. The first-order chi connectivity index (χ1) is 8.97. The van der Waals surface area contributed by atoms with E-state index in [-0.39, 0.29) is 5.84 Å². The predicted molar refractivity (Wildman–Crippen MR) is 76.8 cm³/mol. The monoisotopic (exact) mass is 315 g/mol. The minimum absolute atomic E-state index is 0.112. The summed E-state index contributed by atoms with van der Waals surface area (Å²) >= 11 is 17.7. The normalized spacial score (nSPS) is 10.3. The first kappa shape index (κ1) is 13.9. The molecule has 3 N–H and O–H groups in total. The largest absolute Gasteiger partial charge is 0.454 e. The molecular formula is C12H8Cl3N3O. The van der Waals surface area contributed by atoms with Gasteiger partial charge in [0.15, 0.2) is 0 Å². The highest BCUT2D eigenvalue weighted by Gasteiger charge is 2.08. The van der Waals surface area contributed by atoms with Crippen molar-refractivity contribution in [2.75, 3.05) is 0 Å². The standard InChI is InChI=1S/C12H8Cl3N3O/c13-7-3-9(15)11(4-8(7)14)19-6-1-2-10(12(16)17)18-5-6/h1-5H,(H3,16,17). The molecule has 0 saturated heterocycles. The van der Waals surface area contributed by atoms with Crippen molar-refractivity contribution in [3.8, 4) is 11.5 Å². The average Bonchev–Trinajstić information content (AvgIpc) is 2.36. The quantitative estimate of drug-likeness (QED) is 0.508. The van der Waals surface area contributed by atoms with Crippen LogP contribution in [0.3, 0.4) is 0 Å². The number of pyridine rings is 1. The summed E-state index contributed by atoms with van der Waals surface area (Å²) in [4.78, 5) is 3.97. The Morgan fingerprint density at radius 3 is 2.37 bits per heavy atom. The van der Waals surface area contributed by atoms with Gasteiger partial charge in [0.1, 0.15) is 23.0 Å². The van der Waals surface area contributed by atoms with Crippen LogP contribution in [0.15, 0.2) is 30.5 Å². The van der Waals surface area contributed by atoms with Gasteiger partial charge in [-0.15, -0.1) is 0 Å². The van der Waals surface area contributed by atoms with Crippen molar-refractivity contribution in [3.05, 3.63) is 51.2 Å². The number of nitrogens with two attached hydrogens (primary N) is 1. The highest BCUT2D eigenvalue weighted by molar-refractivity contribution is 6.43. The van der Waals surface area contributed by atoms with Crippen LogP contribution >= 0.6 is 34.8 Å². The molecule has 19 heavy (non-hydrogen) atoms. The summed E-state index contributed by atoms with van der Waals surface area (Å²) in [7, 11) is 0. The summed E-state index contributed by atoms with van der Waals surface area (Å²) < 4.78 is 5.53. The van der Waals surface area contributed by atoms with Gasteiger partial charge in [-0.25, -0.2) is 4.98 Å². The van der Waals surface area contributed by atoms with Crippen molar-refractivity contribution in [3.63, 3.8) is 0 Å². The van der Waals surface area contributed by atoms with Gasteiger partial charge in [-0.2, -0.15) is 0 Å². The van der Waals surface area contributed by atoms with E-state index in [4.69, 9.17) is 50.7 Å². The number of hydrogen-bond acceptors (Lipinski definition) is 3. The molecule has 0 atom stereocenters. The SMILES string of the molecule is N=C(N)c1ccc(Oc2cc(Cl)c(Cl)cc2Cl)cn1. The van der Waals surface area contributed by atoms with E-state index in [0.29, 0.717) is 32.3 Å². The number of nitrogens with one attached hydrogen (secondary N) is 1. The second-order valence-corrected chi connectivity index (χ2v) is 4.81. The molecule has 0 aliphatic carbocycles. The molecule has 0 aliphatic heterocycles. The lowest BCUT2D eigenvalue weighted by molar-refractivity contribution is 0.480. The number of amidine groups is 1. The lowest BCUT2D eigenvalue weighted by atomic mass is 10.3. The molecule has 0 spiro atoms. The van der Waals surface area contributed by atoms with Gasteiger partial charge in [0.2, 0.25) is 0 Å². The number of rotatable bonds is 3. The maximum atomic E-state index is 7.23. The van der Waals surface area contributed by atoms with Crippen molar-refractivity contribution in [1.82, 2.24) is 4.98 Å². The van der Waals surface area contributed by atoms with Crippen molar-refractivity contribution in [2.45, 2.75) is 0 Å². The molecule has 0 amide bonds. The number of halogens is 3. The van der Waals surface area contributed by atoms with Crippen LogP contribution in [-0.2, 0) is 0 Å². The minimum Gasteiger partial charge on any atom is -0.454 e. The second-order valence-electron chi connectivity index (χ2n) is 3.59. The molecule has 0 fully saturated rings. The van der Waals surface area contributed by atoms with Crippen LogP contribution in [0, 0.1) is 5.41 Å². The number of nitrogen functional groups attached to an aromatic ring is 1. The van der Waals surface area contributed by atoms with Crippen LogP contribution in [0.2, 0.25) is 15.1 Å². The molecule has 1 aromatic heterocycles. The Kier molecular flexibility index (Phi) is 4.14. The molecular weight excluding hydrogens is 309 g/mol. The molecule has 1 aromatic carbocycles. The maximum Gasteiger partial charge on any atom is 0.147 e. The zero-order valence-corrected chi connectivity index (χ0v) is 11.7. The summed E-state index contributed by atoms with van der Waals surface area (Å²) in [5.41, 5.74) is 5.67. The van der Waals surface area contributed by atoms with Crippen LogP contribution in [0.4, 0.5) is 0 Å². The Morgan fingerprint density at radius 2 is 1.79 bits per heavy atom. The van der Waals surface area contributed by atoms with Crippen LogP contribution in [0.25, 0.3) is 0 Å². The van der Waals surface area contributed by atoms with Gasteiger partial charge in [0, 0.05) is 6.07 Å². The van der Waals surface area contributed by atoms with Crippen molar-refractivity contribution in [2.24, 2.45) is 5.73 Å². The third kappa shape index (κ3) is 3.29. The first-order valence-corrected chi connectivity index (χ1v) is 6.23. The molecule has 0 bridgehead atoms. The zero-order valence-electron chi connectivity index (χ0n) is 9.45. The Balaban J connectivity index is 2.26. The van der Waals surface area contributed by atoms with Gasteiger partial charge < -0.3 is 10.5 Å². The average molecular weight is 317 g/mol. The summed E-state index contributed by atoms with van der Waals surface area (Å²) in [6.45, 7) is 0. The van der Waals surface area contributed by atoms with Crippen LogP contribution in [-0.4, -0.2) is 10.8 Å². The molecule has 2 rings (SSSR count). The van der Waals surface area contributed by atoms with Crippen molar-refractivity contribution >= 4 is 40.6 Å². The molecule has 1 heterocycles. The number of nitrogens with zero attached hydrogens (tertiary/aromatic N) is 1. The molecule has 7 heteroatoms. The van der Waals surface area contributed by atoms with Gasteiger partial charge in [0.25, 0.3) is 0 Å². The predicted octanol–water partition coefficient (Wildman–Crippen LogP) is 4.12. The van der Waals surface area contributed by atoms with E-state index >= 15 is 0 Å². The molecule has 98 valence electrons. The van der Waals surface area contributed by atoms with Gasteiger partial charge in [0.05, 0.1) is 21.3 Å². The summed E-state index contributed by atoms with van der Waals surface area (Å²) in [5, 5.41) is 8.27. The van der Waals surface area contributed by atoms with Gasteiger partial charge in [-0.1, -0.05) is 34.8 Å². The third-order valence-electron chi connectivity index (χ3n) is 2.21. The fraction of sp³-hybridized carbons (Fsp3) is 0. The van der Waals surface area contributed by atoms with Gasteiger partial charge >= 0.3 is 0 Å². The molecule has 0 aliphatic rings. The third-order valence-corrected chi connectivity index (χ3v) is 3.23. The van der Waals surface area contributed by atoms with Crippen LogP contribution in [0.1, 0.15) is 5.69 Å². The number of hydrogen-bond donors (Lipinski definition) is 2.